The van der Waals surface area contributed by atoms with Crippen LogP contribution in [0.25, 0.3) is 0 Å². The molecule has 2 N–H and O–H groups in total. The van der Waals surface area contributed by atoms with Crippen LogP contribution in [0.5, 0.6) is 0 Å². The van der Waals surface area contributed by atoms with E-state index in [4.69, 9.17) is 0 Å². The summed E-state index contributed by atoms with van der Waals surface area (Å²) in [6, 6.07) is 8.51. The van der Waals surface area contributed by atoms with Gasteiger partial charge in [-0.05, 0) is 24.8 Å². The summed E-state index contributed by atoms with van der Waals surface area (Å²) in [6.45, 7) is 3.62. The Bertz CT molecular complexity index is 537. The molecule has 1 fully saturated rings. The molecule has 104 valence electrons. The van der Waals surface area contributed by atoms with Crippen molar-refractivity contribution in [2.45, 2.75) is 19.3 Å². The number of carbonyl (C=O) groups excluding carboxylic acids is 3. The second kappa shape index (κ2) is 7.54. The van der Waals surface area contributed by atoms with Crippen LogP contribution in [0.15, 0.2) is 43.0 Å². The molecule has 1 saturated heterocycles. The minimum absolute atomic E-state index is 0. The average molecular weight is 295 g/mol. The van der Waals surface area contributed by atoms with Crippen LogP contribution in [0.1, 0.15) is 18.4 Å². The van der Waals surface area contributed by atoms with Crippen LogP contribution in [0.2, 0.25) is 0 Å². The zero-order valence-electron chi connectivity index (χ0n) is 12.0. The van der Waals surface area contributed by atoms with E-state index in [1.54, 1.807) is 6.08 Å². The van der Waals surface area contributed by atoms with Crippen molar-refractivity contribution in [1.29, 1.82) is 0 Å². The Hall–Kier alpha value is -1.43. The van der Waals surface area contributed by atoms with Crippen molar-refractivity contribution in [3.63, 3.8) is 0 Å². The number of nitrogens with one attached hydrogen (secondary N) is 2. The molecule has 1 aromatic rings. The van der Waals surface area contributed by atoms with Gasteiger partial charge in [0.2, 0.25) is 11.8 Å². The number of imide groups is 2. The van der Waals surface area contributed by atoms with E-state index >= 15 is 0 Å². The summed E-state index contributed by atoms with van der Waals surface area (Å²) in [5.41, 5.74) is -0.389. The van der Waals surface area contributed by atoms with Gasteiger partial charge in [0.15, 0.2) is 0 Å². The van der Waals surface area contributed by atoms with Crippen molar-refractivity contribution in [2.24, 2.45) is 5.41 Å². The number of urea groups is 1. The third-order valence-corrected chi connectivity index (χ3v) is 3.45. The molecule has 6 heteroatoms. The Kier molecular flexibility index (Phi) is 6.33. The van der Waals surface area contributed by atoms with Gasteiger partial charge in [0.25, 0.3) is 0 Å². The maximum Gasteiger partial charge on any atom is 1.00 e. The molecule has 1 aliphatic heterocycles. The van der Waals surface area contributed by atoms with E-state index in [1.807, 2.05) is 30.3 Å². The van der Waals surface area contributed by atoms with Gasteiger partial charge in [0, 0.05) is 0 Å². The van der Waals surface area contributed by atoms with Gasteiger partial charge in [-0.25, -0.2) is 4.79 Å². The number of benzene rings is 1. The van der Waals surface area contributed by atoms with Crippen LogP contribution in [-0.4, -0.2) is 17.8 Å². The van der Waals surface area contributed by atoms with E-state index in [2.05, 4.69) is 17.2 Å². The molecule has 1 aromatic carbocycles. The second-order valence-electron chi connectivity index (χ2n) is 4.81. The van der Waals surface area contributed by atoms with Crippen molar-refractivity contribution in [3.05, 3.63) is 48.6 Å². The molecule has 0 aliphatic carbocycles. The average Bonchev–Trinajstić information content (AvgIpc) is 2.42. The standard InChI is InChI=1S/C15H16N2O3.Na/c1-2-3-9-15(10-11-7-5-4-6-8-11)12(18)16-14(20)17-13(15)19;/h2,4-8H,1,3,9-10H2,(H2,16,17,18,19,20);/q;+1. The third-order valence-electron chi connectivity index (χ3n) is 3.45. The van der Waals surface area contributed by atoms with Crippen molar-refractivity contribution in [3.8, 4) is 0 Å². The summed E-state index contributed by atoms with van der Waals surface area (Å²) in [5, 5.41) is 4.37. The summed E-state index contributed by atoms with van der Waals surface area (Å²) in [4.78, 5) is 35.7. The number of allylic oxidation sites excluding steroid dienone is 1. The molecule has 0 spiro atoms. The first kappa shape index (κ1) is 17.6. The Morgan fingerprint density at radius 3 is 2.14 bits per heavy atom. The molecule has 4 amide bonds. The van der Waals surface area contributed by atoms with Crippen molar-refractivity contribution in [2.75, 3.05) is 0 Å². The van der Waals surface area contributed by atoms with E-state index in [0.717, 1.165) is 5.56 Å². The van der Waals surface area contributed by atoms with Crippen LogP contribution < -0.4 is 40.2 Å². The van der Waals surface area contributed by atoms with E-state index in [0.29, 0.717) is 12.8 Å². The molecule has 0 unspecified atom stereocenters. The van der Waals surface area contributed by atoms with Gasteiger partial charge in [0.1, 0.15) is 5.41 Å². The summed E-state index contributed by atoms with van der Waals surface area (Å²) in [6.07, 6.45) is 2.74. The van der Waals surface area contributed by atoms with Crippen LogP contribution in [-0.2, 0) is 16.0 Å². The summed E-state index contributed by atoms with van der Waals surface area (Å²) in [5.74, 6) is -1.09. The molecule has 0 bridgehead atoms. The molecule has 21 heavy (non-hydrogen) atoms. The molecule has 0 atom stereocenters. The summed E-state index contributed by atoms with van der Waals surface area (Å²) in [7, 11) is 0. The summed E-state index contributed by atoms with van der Waals surface area (Å²) >= 11 is 0. The smallest absolute Gasteiger partial charge is 0.277 e. The van der Waals surface area contributed by atoms with Crippen LogP contribution in [0.3, 0.4) is 0 Å². The van der Waals surface area contributed by atoms with Gasteiger partial charge >= 0.3 is 35.6 Å². The molecular weight excluding hydrogens is 279 g/mol. The third kappa shape index (κ3) is 3.81. The number of amides is 4. The molecule has 1 aliphatic rings. The maximum absolute atomic E-state index is 12.2. The maximum atomic E-state index is 12.2. The topological polar surface area (TPSA) is 75.3 Å². The van der Waals surface area contributed by atoms with Crippen LogP contribution in [0, 0.1) is 5.41 Å². The number of barbiturate groups is 1. The zero-order valence-corrected chi connectivity index (χ0v) is 14.0. The van der Waals surface area contributed by atoms with Crippen molar-refractivity contribution >= 4 is 17.8 Å². The van der Waals surface area contributed by atoms with Gasteiger partial charge in [-0.3, -0.25) is 20.2 Å². The molecule has 2 rings (SSSR count). The Morgan fingerprint density at radius 2 is 1.62 bits per heavy atom. The number of hydrogen-bond donors (Lipinski definition) is 2. The summed E-state index contributed by atoms with van der Waals surface area (Å²) < 4.78 is 0. The van der Waals surface area contributed by atoms with Gasteiger partial charge in [-0.15, -0.1) is 6.58 Å². The molecule has 0 saturated carbocycles. The molecule has 5 nitrogen and oxygen atoms in total. The van der Waals surface area contributed by atoms with Crippen molar-refractivity contribution < 1.29 is 43.9 Å². The first-order valence-corrected chi connectivity index (χ1v) is 6.40. The molecule has 0 aromatic heterocycles. The predicted octanol–water partition coefficient (Wildman–Crippen LogP) is -1.45. The fourth-order valence-electron chi connectivity index (χ4n) is 2.35. The minimum atomic E-state index is -1.26. The van der Waals surface area contributed by atoms with E-state index < -0.39 is 23.3 Å². The fraction of sp³-hybridized carbons (Fsp3) is 0.267. The molecular formula is C15H16N2NaO3+. The largest absolute Gasteiger partial charge is 1.00 e. The second-order valence-corrected chi connectivity index (χ2v) is 4.81. The quantitative estimate of drug-likeness (QED) is 0.396. The first-order valence-electron chi connectivity index (χ1n) is 6.40. The normalized spacial score (nSPS) is 16.5. The number of carbonyl (C=O) groups is 3. The van der Waals surface area contributed by atoms with Gasteiger partial charge in [-0.2, -0.15) is 0 Å². The van der Waals surface area contributed by atoms with Gasteiger partial charge in [-0.1, -0.05) is 36.4 Å². The minimum Gasteiger partial charge on any atom is -0.277 e. The van der Waals surface area contributed by atoms with Crippen molar-refractivity contribution in [1.82, 2.24) is 10.6 Å². The predicted molar refractivity (Wildman–Crippen MR) is 73.7 cm³/mol. The Labute approximate surface area is 145 Å². The Balaban J connectivity index is 0.00000220. The van der Waals surface area contributed by atoms with E-state index in [-0.39, 0.29) is 36.0 Å². The monoisotopic (exact) mass is 295 g/mol. The number of hydrogen-bond acceptors (Lipinski definition) is 3. The first-order chi connectivity index (χ1) is 9.58. The van der Waals surface area contributed by atoms with E-state index in [1.165, 1.54) is 0 Å². The molecule has 1 heterocycles. The van der Waals surface area contributed by atoms with E-state index in [9.17, 15) is 14.4 Å². The van der Waals surface area contributed by atoms with Gasteiger partial charge in [0.05, 0.1) is 0 Å². The fourth-order valence-corrected chi connectivity index (χ4v) is 2.35. The SMILES string of the molecule is C=CCCC1(Cc2ccccc2)C(=O)NC(=O)NC1=O.[Na+]. The van der Waals surface area contributed by atoms with Crippen LogP contribution >= 0.6 is 0 Å². The van der Waals surface area contributed by atoms with Crippen LogP contribution in [0.4, 0.5) is 4.79 Å². The molecule has 0 radical (unpaired) electrons. The number of rotatable bonds is 5. The van der Waals surface area contributed by atoms with Gasteiger partial charge < -0.3 is 0 Å². The Morgan fingerprint density at radius 1 is 1.05 bits per heavy atom. The zero-order chi connectivity index (χ0) is 14.6.